The van der Waals surface area contributed by atoms with Gasteiger partial charge in [0.15, 0.2) is 23.0 Å². The van der Waals surface area contributed by atoms with E-state index in [1.54, 1.807) is 60.2 Å². The van der Waals surface area contributed by atoms with Crippen molar-refractivity contribution in [3.05, 3.63) is 66.4 Å². The van der Waals surface area contributed by atoms with Gasteiger partial charge in [-0.3, -0.25) is 10.1 Å². The van der Waals surface area contributed by atoms with Crippen LogP contribution in [0.25, 0.3) is 16.9 Å². The van der Waals surface area contributed by atoms with Gasteiger partial charge >= 0.3 is 6.03 Å². The van der Waals surface area contributed by atoms with Crippen LogP contribution < -0.4 is 20.1 Å². The third-order valence-corrected chi connectivity index (χ3v) is 5.97. The molecule has 3 amide bonds. The predicted molar refractivity (Wildman–Crippen MR) is 137 cm³/mol. The minimum Gasteiger partial charge on any atom is -0.493 e. The Kier molecular flexibility index (Phi) is 6.86. The molecule has 5 rings (SSSR count). The van der Waals surface area contributed by atoms with Gasteiger partial charge in [-0.2, -0.15) is 0 Å². The van der Waals surface area contributed by atoms with Gasteiger partial charge in [-0.25, -0.2) is 14.3 Å². The summed E-state index contributed by atoms with van der Waals surface area (Å²) < 4.78 is 17.7. The SMILES string of the molecule is COc1ccc(-c2ccnc3cc(NC(=O)Nc4ccc(C(=O)N5CCOCC5)cc4)nn23)cc1OC. The Morgan fingerprint density at radius 1 is 0.919 bits per heavy atom. The molecule has 0 bridgehead atoms. The molecular weight excluding hydrogens is 476 g/mol. The van der Waals surface area contributed by atoms with Crippen LogP contribution in [0.4, 0.5) is 16.3 Å². The molecule has 0 radical (unpaired) electrons. The van der Waals surface area contributed by atoms with Crippen molar-refractivity contribution in [2.24, 2.45) is 0 Å². The molecule has 1 aliphatic rings. The van der Waals surface area contributed by atoms with Crippen LogP contribution in [0.15, 0.2) is 60.8 Å². The Morgan fingerprint density at radius 3 is 2.41 bits per heavy atom. The summed E-state index contributed by atoms with van der Waals surface area (Å²) in [6, 6.07) is 15.3. The van der Waals surface area contributed by atoms with Gasteiger partial charge in [0, 0.05) is 42.2 Å². The molecule has 1 fully saturated rings. The van der Waals surface area contributed by atoms with Gasteiger partial charge in [0.25, 0.3) is 5.91 Å². The van der Waals surface area contributed by atoms with Gasteiger partial charge in [-0.15, -0.1) is 5.10 Å². The van der Waals surface area contributed by atoms with E-state index in [4.69, 9.17) is 14.2 Å². The van der Waals surface area contributed by atoms with Crippen LogP contribution in [-0.2, 0) is 4.74 Å². The Hall–Kier alpha value is -4.64. The number of carbonyl (C=O) groups is 2. The van der Waals surface area contributed by atoms with Crippen molar-refractivity contribution >= 4 is 29.1 Å². The molecule has 4 aromatic rings. The Labute approximate surface area is 213 Å². The zero-order valence-corrected chi connectivity index (χ0v) is 20.4. The van der Waals surface area contributed by atoms with Crippen molar-refractivity contribution < 1.29 is 23.8 Å². The molecule has 11 nitrogen and oxygen atoms in total. The van der Waals surface area contributed by atoms with Crippen LogP contribution in [0.3, 0.4) is 0 Å². The van der Waals surface area contributed by atoms with Crippen molar-refractivity contribution in [1.29, 1.82) is 0 Å². The Morgan fingerprint density at radius 2 is 1.68 bits per heavy atom. The summed E-state index contributed by atoms with van der Waals surface area (Å²) in [5, 5.41) is 10.00. The molecule has 1 aliphatic heterocycles. The molecule has 2 aromatic carbocycles. The first kappa shape index (κ1) is 24.1. The number of hydrogen-bond donors (Lipinski definition) is 2. The molecule has 0 spiro atoms. The highest BCUT2D eigenvalue weighted by Gasteiger charge is 2.18. The first-order valence-corrected chi connectivity index (χ1v) is 11.7. The van der Waals surface area contributed by atoms with E-state index >= 15 is 0 Å². The summed E-state index contributed by atoms with van der Waals surface area (Å²) >= 11 is 0. The number of amides is 3. The van der Waals surface area contributed by atoms with Crippen LogP contribution in [0.2, 0.25) is 0 Å². The summed E-state index contributed by atoms with van der Waals surface area (Å²) in [4.78, 5) is 31.3. The lowest BCUT2D eigenvalue weighted by molar-refractivity contribution is 0.0303. The number of nitrogens with zero attached hydrogens (tertiary/aromatic N) is 4. The average Bonchev–Trinajstić information content (AvgIpc) is 3.35. The maximum absolute atomic E-state index is 12.6. The molecule has 190 valence electrons. The monoisotopic (exact) mass is 502 g/mol. The molecule has 3 heterocycles. The number of aromatic nitrogens is 3. The molecule has 37 heavy (non-hydrogen) atoms. The molecule has 0 aliphatic carbocycles. The van der Waals surface area contributed by atoms with Crippen LogP contribution in [0, 0.1) is 0 Å². The van der Waals surface area contributed by atoms with E-state index in [0.717, 1.165) is 11.3 Å². The predicted octanol–water partition coefficient (Wildman–Crippen LogP) is 3.53. The number of hydrogen-bond acceptors (Lipinski definition) is 7. The Balaban J connectivity index is 1.28. The van der Waals surface area contributed by atoms with Gasteiger partial charge in [0.2, 0.25) is 0 Å². The minimum atomic E-state index is -0.469. The summed E-state index contributed by atoms with van der Waals surface area (Å²) in [5.74, 6) is 1.49. The second-order valence-corrected chi connectivity index (χ2v) is 8.26. The van der Waals surface area contributed by atoms with Crippen molar-refractivity contribution in [3.63, 3.8) is 0 Å². The highest BCUT2D eigenvalue weighted by molar-refractivity contribution is 6.00. The van der Waals surface area contributed by atoms with Crippen molar-refractivity contribution in [2.45, 2.75) is 0 Å². The zero-order chi connectivity index (χ0) is 25.8. The molecule has 0 atom stereocenters. The third kappa shape index (κ3) is 5.16. The number of rotatable bonds is 6. The van der Waals surface area contributed by atoms with Gasteiger partial charge in [0.1, 0.15) is 0 Å². The van der Waals surface area contributed by atoms with Gasteiger partial charge in [-0.1, -0.05) is 0 Å². The topological polar surface area (TPSA) is 119 Å². The van der Waals surface area contributed by atoms with Gasteiger partial charge in [0.05, 0.1) is 33.1 Å². The molecular formula is C26H26N6O5. The van der Waals surface area contributed by atoms with Crippen molar-refractivity contribution in [2.75, 3.05) is 51.2 Å². The Bertz CT molecular complexity index is 1430. The van der Waals surface area contributed by atoms with E-state index in [-0.39, 0.29) is 5.91 Å². The average molecular weight is 503 g/mol. The second kappa shape index (κ2) is 10.5. The quantitative estimate of drug-likeness (QED) is 0.414. The third-order valence-electron chi connectivity index (χ3n) is 5.97. The molecule has 2 N–H and O–H groups in total. The van der Waals surface area contributed by atoms with E-state index in [9.17, 15) is 9.59 Å². The normalized spacial score (nSPS) is 13.3. The lowest BCUT2D eigenvalue weighted by Crippen LogP contribution is -2.40. The number of nitrogens with one attached hydrogen (secondary N) is 2. The van der Waals surface area contributed by atoms with E-state index in [1.165, 1.54) is 0 Å². The number of ether oxygens (including phenoxy) is 3. The van der Waals surface area contributed by atoms with E-state index < -0.39 is 6.03 Å². The van der Waals surface area contributed by atoms with E-state index in [0.29, 0.717) is 60.5 Å². The molecule has 0 unspecified atom stereocenters. The molecule has 2 aromatic heterocycles. The molecule has 11 heteroatoms. The molecule has 0 saturated carbocycles. The van der Waals surface area contributed by atoms with Crippen LogP contribution in [0.5, 0.6) is 11.5 Å². The summed E-state index contributed by atoms with van der Waals surface area (Å²) in [7, 11) is 3.16. The highest BCUT2D eigenvalue weighted by atomic mass is 16.5. The van der Waals surface area contributed by atoms with E-state index in [2.05, 4.69) is 20.7 Å². The zero-order valence-electron chi connectivity index (χ0n) is 20.4. The lowest BCUT2D eigenvalue weighted by Gasteiger charge is -2.26. The maximum atomic E-state index is 12.6. The van der Waals surface area contributed by atoms with Crippen LogP contribution in [-0.4, -0.2) is 72.0 Å². The minimum absolute atomic E-state index is 0.0539. The van der Waals surface area contributed by atoms with Crippen molar-refractivity contribution in [3.8, 4) is 22.8 Å². The van der Waals surface area contributed by atoms with E-state index in [1.807, 2.05) is 24.3 Å². The largest absolute Gasteiger partial charge is 0.493 e. The fourth-order valence-electron chi connectivity index (χ4n) is 4.09. The van der Waals surface area contributed by atoms with Crippen molar-refractivity contribution in [1.82, 2.24) is 19.5 Å². The number of fused-ring (bicyclic) bond motifs is 1. The smallest absolute Gasteiger partial charge is 0.324 e. The van der Waals surface area contributed by atoms with Gasteiger partial charge in [-0.05, 0) is 48.5 Å². The van der Waals surface area contributed by atoms with Crippen LogP contribution >= 0.6 is 0 Å². The van der Waals surface area contributed by atoms with Crippen LogP contribution in [0.1, 0.15) is 10.4 Å². The first-order chi connectivity index (χ1) is 18.1. The fourth-order valence-corrected chi connectivity index (χ4v) is 4.09. The first-order valence-electron chi connectivity index (χ1n) is 11.7. The fraction of sp³-hybridized carbons (Fsp3) is 0.231. The number of methoxy groups -OCH3 is 2. The number of carbonyl (C=O) groups excluding carboxylic acids is 2. The number of benzene rings is 2. The number of anilines is 2. The maximum Gasteiger partial charge on any atom is 0.324 e. The summed E-state index contributed by atoms with van der Waals surface area (Å²) in [6.07, 6.45) is 1.67. The number of urea groups is 1. The highest BCUT2D eigenvalue weighted by Crippen LogP contribution is 2.32. The second-order valence-electron chi connectivity index (χ2n) is 8.26. The molecule has 1 saturated heterocycles. The lowest BCUT2D eigenvalue weighted by atomic mass is 10.1. The summed E-state index contributed by atoms with van der Waals surface area (Å²) in [5.41, 5.74) is 3.27. The standard InChI is InChI=1S/C26H26N6O5/c1-35-21-8-5-18(15-22(21)36-2)20-9-10-27-24-16-23(30-32(20)24)29-26(34)28-19-6-3-17(4-7-19)25(33)31-11-13-37-14-12-31/h3-10,15-16H,11-14H2,1-2H3,(H2,28,29,30,34). The summed E-state index contributed by atoms with van der Waals surface area (Å²) in [6.45, 7) is 2.23. The number of morpholine rings is 1. The van der Waals surface area contributed by atoms with Gasteiger partial charge < -0.3 is 24.4 Å².